The fraction of sp³-hybridized carbons (Fsp3) is 0.650. The van der Waals surface area contributed by atoms with Crippen molar-refractivity contribution in [3.63, 3.8) is 0 Å². The SMILES string of the molecule is C[C@H]1C[C@@H](O)[C@]2(C)C(C(=O)O)=CCC[C@@H]2[C@@]1(C)CCc1ccoc1. The third-order valence-electron chi connectivity index (χ3n) is 7.06. The zero-order valence-corrected chi connectivity index (χ0v) is 14.8. The number of carboxylic acid groups (broad SMARTS) is 1. The molecule has 4 nitrogen and oxygen atoms in total. The van der Waals surface area contributed by atoms with Crippen molar-refractivity contribution in [1.29, 1.82) is 0 Å². The Balaban J connectivity index is 1.94. The van der Waals surface area contributed by atoms with Gasteiger partial charge in [-0.1, -0.05) is 26.8 Å². The van der Waals surface area contributed by atoms with Gasteiger partial charge in [-0.3, -0.25) is 0 Å². The summed E-state index contributed by atoms with van der Waals surface area (Å²) in [6, 6.07) is 1.99. The monoisotopic (exact) mass is 332 g/mol. The molecule has 0 radical (unpaired) electrons. The van der Waals surface area contributed by atoms with E-state index in [1.54, 1.807) is 12.5 Å². The minimum absolute atomic E-state index is 0.000208. The molecule has 0 unspecified atom stereocenters. The lowest BCUT2D eigenvalue weighted by molar-refractivity contribution is -0.148. The Morgan fingerprint density at radius 2 is 2.17 bits per heavy atom. The number of hydrogen-bond donors (Lipinski definition) is 2. The number of carbonyl (C=O) groups is 1. The number of aryl methyl sites for hydroxylation is 1. The van der Waals surface area contributed by atoms with Gasteiger partial charge in [0.05, 0.1) is 18.6 Å². The summed E-state index contributed by atoms with van der Waals surface area (Å²) in [5.41, 5.74) is 0.927. The van der Waals surface area contributed by atoms with E-state index in [0.29, 0.717) is 17.9 Å². The van der Waals surface area contributed by atoms with E-state index in [-0.39, 0.29) is 11.3 Å². The van der Waals surface area contributed by atoms with E-state index >= 15 is 0 Å². The van der Waals surface area contributed by atoms with E-state index in [4.69, 9.17) is 4.42 Å². The van der Waals surface area contributed by atoms with E-state index in [2.05, 4.69) is 13.8 Å². The topological polar surface area (TPSA) is 70.7 Å². The predicted molar refractivity (Wildman–Crippen MR) is 91.5 cm³/mol. The Kier molecular flexibility index (Phi) is 4.37. The highest BCUT2D eigenvalue weighted by molar-refractivity contribution is 5.88. The summed E-state index contributed by atoms with van der Waals surface area (Å²) in [4.78, 5) is 11.8. The summed E-state index contributed by atoms with van der Waals surface area (Å²) in [5, 5.41) is 20.5. The average molecular weight is 332 g/mol. The zero-order valence-electron chi connectivity index (χ0n) is 14.8. The molecule has 1 saturated carbocycles. The Morgan fingerprint density at radius 3 is 2.79 bits per heavy atom. The highest BCUT2D eigenvalue weighted by Gasteiger charge is 2.59. The van der Waals surface area contributed by atoms with E-state index in [9.17, 15) is 15.0 Å². The van der Waals surface area contributed by atoms with Crippen LogP contribution in [0.2, 0.25) is 0 Å². The molecule has 1 aromatic heterocycles. The smallest absolute Gasteiger partial charge is 0.331 e. The fourth-order valence-electron chi connectivity index (χ4n) is 5.31. The van der Waals surface area contributed by atoms with Crippen LogP contribution in [-0.2, 0) is 11.2 Å². The van der Waals surface area contributed by atoms with Crippen molar-refractivity contribution < 1.29 is 19.4 Å². The molecule has 0 amide bonds. The van der Waals surface area contributed by atoms with Crippen molar-refractivity contribution in [2.75, 3.05) is 0 Å². The molecule has 0 aliphatic heterocycles. The Hall–Kier alpha value is -1.55. The van der Waals surface area contributed by atoms with Gasteiger partial charge in [-0.2, -0.15) is 0 Å². The third kappa shape index (κ3) is 2.52. The van der Waals surface area contributed by atoms with Gasteiger partial charge in [0.1, 0.15) is 0 Å². The van der Waals surface area contributed by atoms with Gasteiger partial charge in [0.2, 0.25) is 0 Å². The second kappa shape index (κ2) is 6.07. The van der Waals surface area contributed by atoms with Crippen LogP contribution in [0.4, 0.5) is 0 Å². The van der Waals surface area contributed by atoms with Crippen LogP contribution in [0.15, 0.2) is 34.7 Å². The summed E-state index contributed by atoms with van der Waals surface area (Å²) in [5.74, 6) is -0.356. The van der Waals surface area contributed by atoms with Crippen molar-refractivity contribution in [2.45, 2.75) is 59.0 Å². The second-order valence-corrected chi connectivity index (χ2v) is 8.13. The minimum atomic E-state index is -0.881. The third-order valence-corrected chi connectivity index (χ3v) is 7.06. The van der Waals surface area contributed by atoms with Crippen LogP contribution in [0.3, 0.4) is 0 Å². The normalized spacial score (nSPS) is 39.2. The molecule has 2 aliphatic rings. The van der Waals surface area contributed by atoms with Crippen LogP contribution in [0.25, 0.3) is 0 Å². The first-order valence-electron chi connectivity index (χ1n) is 8.93. The molecule has 2 aliphatic carbocycles. The fourth-order valence-corrected chi connectivity index (χ4v) is 5.31. The molecule has 1 aromatic rings. The van der Waals surface area contributed by atoms with E-state index < -0.39 is 17.5 Å². The lowest BCUT2D eigenvalue weighted by Gasteiger charge is -2.59. The summed E-state index contributed by atoms with van der Waals surface area (Å²) in [7, 11) is 0. The molecule has 0 saturated heterocycles. The Labute approximate surface area is 143 Å². The highest BCUT2D eigenvalue weighted by Crippen LogP contribution is 2.61. The van der Waals surface area contributed by atoms with Crippen LogP contribution in [0.1, 0.15) is 52.0 Å². The molecule has 0 aromatic carbocycles. The molecule has 132 valence electrons. The van der Waals surface area contributed by atoms with Crippen molar-refractivity contribution in [3.8, 4) is 0 Å². The van der Waals surface area contributed by atoms with Crippen molar-refractivity contribution in [1.82, 2.24) is 0 Å². The molecular formula is C20H28O4. The van der Waals surface area contributed by atoms with Gasteiger partial charge >= 0.3 is 5.97 Å². The van der Waals surface area contributed by atoms with Crippen LogP contribution in [0, 0.1) is 22.7 Å². The quantitative estimate of drug-likeness (QED) is 0.873. The highest BCUT2D eigenvalue weighted by atomic mass is 16.4. The maximum Gasteiger partial charge on any atom is 0.331 e. The first-order valence-corrected chi connectivity index (χ1v) is 8.93. The number of carboxylic acids is 1. The van der Waals surface area contributed by atoms with Gasteiger partial charge in [0, 0.05) is 11.0 Å². The van der Waals surface area contributed by atoms with Crippen molar-refractivity contribution in [3.05, 3.63) is 35.8 Å². The standard InChI is InChI=1S/C20H28O4/c1-13-11-17(21)20(3)15(18(22)23)5-4-6-16(20)19(13,2)9-7-14-8-10-24-12-14/h5,8,10,12-13,16-17,21H,4,6-7,9,11H2,1-3H3,(H,22,23)/t13-,16+,17+,19-,20+/m0/s1. The largest absolute Gasteiger partial charge is 0.478 e. The number of rotatable bonds is 4. The van der Waals surface area contributed by atoms with Crippen LogP contribution < -0.4 is 0 Å². The number of furan rings is 1. The van der Waals surface area contributed by atoms with E-state index in [0.717, 1.165) is 25.7 Å². The maximum atomic E-state index is 11.8. The van der Waals surface area contributed by atoms with E-state index in [1.165, 1.54) is 5.56 Å². The van der Waals surface area contributed by atoms with Gasteiger partial charge in [-0.25, -0.2) is 4.79 Å². The van der Waals surface area contributed by atoms with Crippen LogP contribution >= 0.6 is 0 Å². The van der Waals surface area contributed by atoms with Gasteiger partial charge in [0.25, 0.3) is 0 Å². The van der Waals surface area contributed by atoms with Gasteiger partial charge in [0.15, 0.2) is 0 Å². The molecular weight excluding hydrogens is 304 g/mol. The van der Waals surface area contributed by atoms with Crippen LogP contribution in [0.5, 0.6) is 0 Å². The molecule has 3 rings (SSSR count). The number of aliphatic hydroxyl groups excluding tert-OH is 1. The second-order valence-electron chi connectivity index (χ2n) is 8.13. The van der Waals surface area contributed by atoms with Gasteiger partial charge in [-0.15, -0.1) is 0 Å². The number of aliphatic hydroxyl groups is 1. The summed E-state index contributed by atoms with van der Waals surface area (Å²) in [6.07, 6.45) is 8.99. The molecule has 2 N–H and O–H groups in total. The number of aliphatic carboxylic acids is 1. The molecule has 24 heavy (non-hydrogen) atoms. The first-order chi connectivity index (χ1) is 11.3. The predicted octanol–water partition coefficient (Wildman–Crippen LogP) is 4.05. The Bertz CT molecular complexity index is 632. The molecule has 5 atom stereocenters. The van der Waals surface area contributed by atoms with Crippen molar-refractivity contribution in [2.24, 2.45) is 22.7 Å². The Morgan fingerprint density at radius 1 is 1.42 bits per heavy atom. The molecule has 1 heterocycles. The summed E-state index contributed by atoms with van der Waals surface area (Å²) in [6.45, 7) is 6.46. The molecule has 0 bridgehead atoms. The average Bonchev–Trinajstić information content (AvgIpc) is 3.04. The van der Waals surface area contributed by atoms with E-state index in [1.807, 2.05) is 19.1 Å². The maximum absolute atomic E-state index is 11.8. The van der Waals surface area contributed by atoms with Gasteiger partial charge < -0.3 is 14.6 Å². The number of allylic oxidation sites excluding steroid dienone is 1. The lowest BCUT2D eigenvalue weighted by atomic mass is 9.45. The minimum Gasteiger partial charge on any atom is -0.478 e. The molecule has 0 spiro atoms. The molecule has 1 fully saturated rings. The number of fused-ring (bicyclic) bond motifs is 1. The molecule has 4 heteroatoms. The lowest BCUT2D eigenvalue weighted by Crippen LogP contribution is -2.57. The number of hydrogen-bond acceptors (Lipinski definition) is 3. The van der Waals surface area contributed by atoms with Crippen LogP contribution in [-0.4, -0.2) is 22.3 Å². The summed E-state index contributed by atoms with van der Waals surface area (Å²) >= 11 is 0. The first kappa shape index (κ1) is 17.3. The van der Waals surface area contributed by atoms with Gasteiger partial charge in [-0.05, 0) is 61.0 Å². The zero-order chi connectivity index (χ0) is 17.5. The summed E-state index contributed by atoms with van der Waals surface area (Å²) < 4.78 is 5.18. The van der Waals surface area contributed by atoms with Crippen molar-refractivity contribution >= 4 is 5.97 Å².